The Kier molecular flexibility index (Phi) is 7.81. The number of ether oxygens (including phenoxy) is 1. The average Bonchev–Trinajstić information content (AvgIpc) is 2.91. The van der Waals surface area contributed by atoms with E-state index in [-0.39, 0.29) is 18.2 Å². The van der Waals surface area contributed by atoms with Gasteiger partial charge in [-0.05, 0) is 58.0 Å². The number of aryl methyl sites for hydroxylation is 1. The molecule has 3 aromatic rings. The molecule has 1 aromatic carbocycles. The first-order valence-corrected chi connectivity index (χ1v) is 12.5. The van der Waals surface area contributed by atoms with E-state index in [1.165, 1.54) is 0 Å². The van der Waals surface area contributed by atoms with Crippen LogP contribution in [0.4, 0.5) is 11.5 Å². The van der Waals surface area contributed by atoms with Crippen LogP contribution in [0.25, 0.3) is 11.3 Å². The van der Waals surface area contributed by atoms with Gasteiger partial charge in [0.15, 0.2) is 0 Å². The van der Waals surface area contributed by atoms with Gasteiger partial charge in [0.1, 0.15) is 18.4 Å². The second-order valence-electron chi connectivity index (χ2n) is 9.65. The van der Waals surface area contributed by atoms with Gasteiger partial charge in [-0.2, -0.15) is 5.26 Å². The van der Waals surface area contributed by atoms with Gasteiger partial charge in [-0.3, -0.25) is 15.1 Å². The van der Waals surface area contributed by atoms with Gasteiger partial charge >= 0.3 is 0 Å². The van der Waals surface area contributed by atoms with E-state index in [0.717, 1.165) is 23.5 Å². The molecule has 9 heteroatoms. The minimum Gasteiger partial charge on any atom is -0.359 e. The summed E-state index contributed by atoms with van der Waals surface area (Å²) in [6, 6.07) is 11.5. The number of benzene rings is 1. The molecule has 0 bridgehead atoms. The number of nitrogens with zero attached hydrogens (tertiary/aromatic N) is 5. The first-order chi connectivity index (χ1) is 17.8. The van der Waals surface area contributed by atoms with E-state index in [1.54, 1.807) is 30.9 Å². The molecule has 1 fully saturated rings. The van der Waals surface area contributed by atoms with E-state index < -0.39 is 5.41 Å². The standard InChI is InChI=1S/C28H33N7O2/c1-6-31-27-19(3)35(13-14-37-27)23-15-22(32-17-33-23)24-18(2)7-8-21(25(24)28(4,5)16-29)34-26(36)20-9-11-30-12-10-20/h7-12,15,17,19,27,31H,6,13-14H2,1-5H3,(H,34,36)/t19-,27-/m1/s1. The Bertz CT molecular complexity index is 1300. The van der Waals surface area contributed by atoms with Crippen LogP contribution in [-0.4, -0.2) is 52.8 Å². The van der Waals surface area contributed by atoms with Crippen LogP contribution in [0, 0.1) is 18.3 Å². The second-order valence-corrected chi connectivity index (χ2v) is 9.65. The number of morpholine rings is 1. The zero-order valence-electron chi connectivity index (χ0n) is 21.9. The molecule has 0 spiro atoms. The van der Waals surface area contributed by atoms with Crippen molar-refractivity contribution in [3.05, 3.63) is 65.7 Å². The van der Waals surface area contributed by atoms with Crippen LogP contribution in [0.2, 0.25) is 0 Å². The van der Waals surface area contributed by atoms with Crippen LogP contribution in [0.5, 0.6) is 0 Å². The molecule has 0 saturated carbocycles. The summed E-state index contributed by atoms with van der Waals surface area (Å²) in [4.78, 5) is 28.4. The van der Waals surface area contributed by atoms with Crippen molar-refractivity contribution in [2.24, 2.45) is 0 Å². The van der Waals surface area contributed by atoms with Gasteiger partial charge in [-0.25, -0.2) is 9.97 Å². The number of pyridine rings is 1. The molecule has 2 N–H and O–H groups in total. The van der Waals surface area contributed by atoms with Crippen molar-refractivity contribution in [2.45, 2.75) is 52.3 Å². The SMILES string of the molecule is CCN[C@@H]1OCCN(c2cc(-c3c(C)ccc(NC(=O)c4ccncc4)c3C(C)(C)C#N)ncn2)[C@@H]1C. The molecule has 2 atom stereocenters. The van der Waals surface area contributed by atoms with E-state index in [1.807, 2.05) is 39.0 Å². The topological polar surface area (TPSA) is 116 Å². The van der Waals surface area contributed by atoms with Crippen LogP contribution in [0.3, 0.4) is 0 Å². The predicted molar refractivity (Wildman–Crippen MR) is 143 cm³/mol. The molecular weight excluding hydrogens is 466 g/mol. The molecule has 192 valence electrons. The second kappa shape index (κ2) is 11.0. The Labute approximate surface area is 217 Å². The van der Waals surface area contributed by atoms with Crippen molar-refractivity contribution in [1.29, 1.82) is 5.26 Å². The Hall–Kier alpha value is -3.87. The fourth-order valence-electron chi connectivity index (χ4n) is 4.72. The molecule has 0 unspecified atom stereocenters. The van der Waals surface area contributed by atoms with Crippen molar-refractivity contribution in [1.82, 2.24) is 20.3 Å². The van der Waals surface area contributed by atoms with Gasteiger partial charge in [-0.15, -0.1) is 0 Å². The zero-order valence-corrected chi connectivity index (χ0v) is 21.9. The Morgan fingerprint density at radius 2 is 2.00 bits per heavy atom. The van der Waals surface area contributed by atoms with E-state index in [2.05, 4.69) is 50.4 Å². The van der Waals surface area contributed by atoms with Crippen LogP contribution in [-0.2, 0) is 10.2 Å². The molecular formula is C28H33N7O2. The highest BCUT2D eigenvalue weighted by molar-refractivity contribution is 6.05. The molecule has 0 aliphatic carbocycles. The summed E-state index contributed by atoms with van der Waals surface area (Å²) in [5, 5.41) is 16.5. The van der Waals surface area contributed by atoms with Crippen molar-refractivity contribution in [3.8, 4) is 17.3 Å². The van der Waals surface area contributed by atoms with E-state index in [9.17, 15) is 10.1 Å². The van der Waals surface area contributed by atoms with Gasteiger partial charge in [0.05, 0.1) is 29.8 Å². The van der Waals surface area contributed by atoms with Gasteiger partial charge in [0.2, 0.25) is 0 Å². The van der Waals surface area contributed by atoms with Crippen LogP contribution in [0.1, 0.15) is 49.2 Å². The van der Waals surface area contributed by atoms with Crippen LogP contribution in [0.15, 0.2) is 49.1 Å². The molecule has 1 aliphatic heterocycles. The maximum Gasteiger partial charge on any atom is 0.255 e. The van der Waals surface area contributed by atoms with E-state index >= 15 is 0 Å². The number of anilines is 2. The predicted octanol–water partition coefficient (Wildman–Crippen LogP) is 4.06. The number of rotatable bonds is 7. The summed E-state index contributed by atoms with van der Waals surface area (Å²) in [5.74, 6) is 0.516. The summed E-state index contributed by atoms with van der Waals surface area (Å²) in [6.07, 6.45) is 4.61. The summed E-state index contributed by atoms with van der Waals surface area (Å²) in [6.45, 7) is 11.9. The maximum atomic E-state index is 13.0. The van der Waals surface area contributed by atoms with Crippen molar-refractivity contribution in [2.75, 3.05) is 29.9 Å². The third-order valence-electron chi connectivity index (χ3n) is 6.68. The van der Waals surface area contributed by atoms with Crippen molar-refractivity contribution < 1.29 is 9.53 Å². The van der Waals surface area contributed by atoms with Crippen LogP contribution >= 0.6 is 0 Å². The minimum atomic E-state index is -0.907. The molecule has 0 radical (unpaired) electrons. The highest BCUT2D eigenvalue weighted by atomic mass is 16.5. The highest BCUT2D eigenvalue weighted by Crippen LogP contribution is 2.40. The monoisotopic (exact) mass is 499 g/mol. The first kappa shape index (κ1) is 26.2. The maximum absolute atomic E-state index is 13.0. The largest absolute Gasteiger partial charge is 0.359 e. The summed E-state index contributed by atoms with van der Waals surface area (Å²) in [7, 11) is 0. The van der Waals surface area contributed by atoms with E-state index in [0.29, 0.717) is 35.7 Å². The molecule has 37 heavy (non-hydrogen) atoms. The fourth-order valence-corrected chi connectivity index (χ4v) is 4.72. The smallest absolute Gasteiger partial charge is 0.255 e. The number of nitrogens with one attached hydrogen (secondary N) is 2. The summed E-state index contributed by atoms with van der Waals surface area (Å²) >= 11 is 0. The number of carbonyl (C=O) groups excluding carboxylic acids is 1. The zero-order chi connectivity index (χ0) is 26.6. The molecule has 3 heterocycles. The number of nitriles is 1. The fraction of sp³-hybridized carbons (Fsp3) is 0.393. The Morgan fingerprint density at radius 1 is 1.24 bits per heavy atom. The number of hydrogen-bond donors (Lipinski definition) is 2. The average molecular weight is 500 g/mol. The lowest BCUT2D eigenvalue weighted by Crippen LogP contribution is -2.55. The summed E-state index contributed by atoms with van der Waals surface area (Å²) in [5.41, 5.74) is 3.31. The number of amides is 1. The number of likely N-dealkylation sites (N-methyl/N-ethyl adjacent to an activating group) is 1. The third kappa shape index (κ3) is 5.45. The number of aromatic nitrogens is 3. The quantitative estimate of drug-likeness (QED) is 0.500. The van der Waals surface area contributed by atoms with E-state index in [4.69, 9.17) is 4.74 Å². The van der Waals surface area contributed by atoms with Gasteiger partial charge in [-0.1, -0.05) is 13.0 Å². The molecule has 9 nitrogen and oxygen atoms in total. The van der Waals surface area contributed by atoms with Gasteiger partial charge in [0.25, 0.3) is 5.91 Å². The number of hydrogen-bond acceptors (Lipinski definition) is 8. The molecule has 1 saturated heterocycles. The van der Waals surface area contributed by atoms with Gasteiger partial charge in [0, 0.05) is 47.4 Å². The van der Waals surface area contributed by atoms with Crippen molar-refractivity contribution >= 4 is 17.4 Å². The lowest BCUT2D eigenvalue weighted by molar-refractivity contribution is -0.00508. The first-order valence-electron chi connectivity index (χ1n) is 12.5. The Morgan fingerprint density at radius 3 is 2.70 bits per heavy atom. The highest BCUT2D eigenvalue weighted by Gasteiger charge is 2.32. The lowest BCUT2D eigenvalue weighted by Gasteiger charge is -2.40. The molecule has 4 rings (SSSR count). The lowest BCUT2D eigenvalue weighted by atomic mass is 9.79. The molecule has 2 aromatic heterocycles. The minimum absolute atomic E-state index is 0.0681. The molecule has 1 amide bonds. The normalized spacial score (nSPS) is 17.8. The summed E-state index contributed by atoms with van der Waals surface area (Å²) < 4.78 is 5.91. The third-order valence-corrected chi connectivity index (χ3v) is 6.68. The van der Waals surface area contributed by atoms with Crippen molar-refractivity contribution in [3.63, 3.8) is 0 Å². The van der Waals surface area contributed by atoms with Crippen LogP contribution < -0.4 is 15.5 Å². The number of carbonyl (C=O) groups is 1. The molecule has 1 aliphatic rings. The van der Waals surface area contributed by atoms with Gasteiger partial charge < -0.3 is 15.0 Å². The Balaban J connectivity index is 1.79.